The third kappa shape index (κ3) is 1.26. The number of rotatable bonds is 0. The second-order valence-electron chi connectivity index (χ2n) is 5.58. The number of fused-ring (bicyclic) bond motifs is 4. The summed E-state index contributed by atoms with van der Waals surface area (Å²) in [7, 11) is 0. The van der Waals surface area contributed by atoms with Gasteiger partial charge in [-0.15, -0.1) is 0 Å². The Hall–Kier alpha value is -1.83. The first-order chi connectivity index (χ1) is 8.76. The summed E-state index contributed by atoms with van der Waals surface area (Å²) in [6.45, 7) is 2.31. The highest BCUT2D eigenvalue weighted by Gasteiger charge is 2.36. The molecule has 2 aromatic rings. The van der Waals surface area contributed by atoms with E-state index in [1.807, 2.05) is 12.3 Å². The largest absolute Gasteiger partial charge is 0.374 e. The van der Waals surface area contributed by atoms with Crippen LogP contribution < -0.4 is 5.32 Å². The molecule has 2 nitrogen and oxygen atoms in total. The van der Waals surface area contributed by atoms with Gasteiger partial charge in [0.25, 0.3) is 0 Å². The van der Waals surface area contributed by atoms with Crippen molar-refractivity contribution in [2.24, 2.45) is 0 Å². The monoisotopic (exact) mass is 236 g/mol. The minimum atomic E-state index is 0.164. The number of nitrogens with zero attached hydrogens (tertiary/aromatic N) is 1. The summed E-state index contributed by atoms with van der Waals surface area (Å²) in [4.78, 5) is 4.55. The molecule has 2 heteroatoms. The predicted octanol–water partition coefficient (Wildman–Crippen LogP) is 3.99. The van der Waals surface area contributed by atoms with Crippen LogP contribution in [-0.4, -0.2) is 10.5 Å². The van der Waals surface area contributed by atoms with Crippen LogP contribution in [0.1, 0.15) is 31.7 Å². The number of hydrogen-bond acceptors (Lipinski definition) is 2. The molecular weight excluding hydrogens is 220 g/mol. The van der Waals surface area contributed by atoms with E-state index in [9.17, 15) is 0 Å². The van der Waals surface area contributed by atoms with Gasteiger partial charge in [0.1, 0.15) is 0 Å². The van der Waals surface area contributed by atoms with E-state index in [2.05, 4.69) is 41.5 Å². The molecule has 0 radical (unpaired) electrons. The van der Waals surface area contributed by atoms with Gasteiger partial charge in [-0.25, -0.2) is 0 Å². The Morgan fingerprint density at radius 2 is 2.17 bits per heavy atom. The maximum Gasteiger partial charge on any atom is 0.0709 e. The second-order valence-corrected chi connectivity index (χ2v) is 5.58. The molecule has 1 unspecified atom stereocenters. The third-order valence-electron chi connectivity index (χ3n) is 4.38. The SMILES string of the molecule is CC12CCCC1=Cc1c(cnc3ccccc13)N2. The Bertz CT molecular complexity index is 672. The lowest BCUT2D eigenvalue weighted by Gasteiger charge is -2.34. The van der Waals surface area contributed by atoms with E-state index in [0.717, 1.165) is 5.52 Å². The van der Waals surface area contributed by atoms with Crippen molar-refractivity contribution in [1.29, 1.82) is 0 Å². The van der Waals surface area contributed by atoms with Gasteiger partial charge in [-0.3, -0.25) is 4.98 Å². The van der Waals surface area contributed by atoms with Gasteiger partial charge in [-0.2, -0.15) is 0 Å². The van der Waals surface area contributed by atoms with E-state index in [1.165, 1.54) is 35.9 Å². The lowest BCUT2D eigenvalue weighted by molar-refractivity contribution is 0.611. The number of para-hydroxylation sites is 1. The molecular formula is C16H16N2. The quantitative estimate of drug-likeness (QED) is 0.748. The minimum Gasteiger partial charge on any atom is -0.374 e. The van der Waals surface area contributed by atoms with Crippen LogP contribution in [0.3, 0.4) is 0 Å². The van der Waals surface area contributed by atoms with Gasteiger partial charge in [0.15, 0.2) is 0 Å². The molecule has 1 saturated carbocycles. The van der Waals surface area contributed by atoms with Gasteiger partial charge < -0.3 is 5.32 Å². The number of nitrogens with one attached hydrogen (secondary N) is 1. The Morgan fingerprint density at radius 1 is 1.28 bits per heavy atom. The highest BCUT2D eigenvalue weighted by Crippen LogP contribution is 2.44. The van der Waals surface area contributed by atoms with E-state index in [-0.39, 0.29) is 5.54 Å². The maximum absolute atomic E-state index is 4.55. The average Bonchev–Trinajstić information content (AvgIpc) is 2.76. The van der Waals surface area contributed by atoms with Gasteiger partial charge in [0.2, 0.25) is 0 Å². The molecule has 1 aliphatic carbocycles. The number of benzene rings is 1. The molecule has 2 aliphatic rings. The van der Waals surface area contributed by atoms with Crippen molar-refractivity contribution in [1.82, 2.24) is 4.98 Å². The number of hydrogen-bond donors (Lipinski definition) is 1. The Balaban J connectivity index is 2.02. The highest BCUT2D eigenvalue weighted by atomic mass is 15.0. The van der Waals surface area contributed by atoms with E-state index in [4.69, 9.17) is 0 Å². The van der Waals surface area contributed by atoms with Gasteiger partial charge in [0, 0.05) is 10.9 Å². The van der Waals surface area contributed by atoms with Crippen LogP contribution in [0.25, 0.3) is 17.0 Å². The average molecular weight is 236 g/mol. The van der Waals surface area contributed by atoms with Crippen molar-refractivity contribution < 1.29 is 0 Å². The fourth-order valence-corrected chi connectivity index (χ4v) is 3.33. The molecule has 18 heavy (non-hydrogen) atoms. The summed E-state index contributed by atoms with van der Waals surface area (Å²) in [5.41, 5.74) is 5.29. The van der Waals surface area contributed by atoms with Crippen LogP contribution in [-0.2, 0) is 0 Å². The Morgan fingerprint density at radius 3 is 3.11 bits per heavy atom. The number of pyridine rings is 1. The summed E-state index contributed by atoms with van der Waals surface area (Å²) in [5, 5.41) is 4.95. The summed E-state index contributed by atoms with van der Waals surface area (Å²) in [6, 6.07) is 8.38. The van der Waals surface area contributed by atoms with Crippen LogP contribution in [0.5, 0.6) is 0 Å². The maximum atomic E-state index is 4.55. The normalized spacial score (nSPS) is 25.3. The molecule has 2 heterocycles. The van der Waals surface area contributed by atoms with Crippen LogP contribution in [0.2, 0.25) is 0 Å². The van der Waals surface area contributed by atoms with Crippen molar-refractivity contribution in [2.45, 2.75) is 31.7 Å². The standard InChI is InChI=1S/C16H16N2/c1-16-8-4-5-11(16)9-13-12-6-2-3-7-14(12)17-10-15(13)18-16/h2-3,6-7,9-10,18H,4-5,8H2,1H3. The lowest BCUT2D eigenvalue weighted by Crippen LogP contribution is -2.35. The molecule has 1 aromatic heterocycles. The smallest absolute Gasteiger partial charge is 0.0709 e. The van der Waals surface area contributed by atoms with E-state index < -0.39 is 0 Å². The molecule has 0 bridgehead atoms. The van der Waals surface area contributed by atoms with E-state index in [1.54, 1.807) is 5.57 Å². The molecule has 0 saturated heterocycles. The minimum absolute atomic E-state index is 0.164. The van der Waals surface area contributed by atoms with Gasteiger partial charge in [-0.05, 0) is 37.8 Å². The van der Waals surface area contributed by atoms with Crippen molar-refractivity contribution in [3.8, 4) is 0 Å². The van der Waals surface area contributed by atoms with Crippen molar-refractivity contribution in [3.63, 3.8) is 0 Å². The molecule has 1 aliphatic heterocycles. The predicted molar refractivity (Wildman–Crippen MR) is 75.6 cm³/mol. The second kappa shape index (κ2) is 3.35. The zero-order valence-corrected chi connectivity index (χ0v) is 10.5. The molecule has 1 aromatic carbocycles. The van der Waals surface area contributed by atoms with Crippen LogP contribution in [0.4, 0.5) is 5.69 Å². The number of aromatic nitrogens is 1. The molecule has 0 spiro atoms. The molecule has 1 N–H and O–H groups in total. The fraction of sp³-hybridized carbons (Fsp3) is 0.312. The molecule has 1 atom stereocenters. The van der Waals surface area contributed by atoms with E-state index in [0.29, 0.717) is 0 Å². The fourth-order valence-electron chi connectivity index (χ4n) is 3.33. The molecule has 90 valence electrons. The first-order valence-electron chi connectivity index (χ1n) is 6.63. The van der Waals surface area contributed by atoms with Crippen LogP contribution in [0, 0.1) is 0 Å². The van der Waals surface area contributed by atoms with Gasteiger partial charge >= 0.3 is 0 Å². The van der Waals surface area contributed by atoms with Crippen molar-refractivity contribution >= 4 is 22.7 Å². The van der Waals surface area contributed by atoms with Crippen LogP contribution in [0.15, 0.2) is 36.0 Å². The van der Waals surface area contributed by atoms with Crippen molar-refractivity contribution in [2.75, 3.05) is 5.32 Å². The zero-order valence-electron chi connectivity index (χ0n) is 10.5. The topological polar surface area (TPSA) is 24.9 Å². The Labute approximate surface area is 107 Å². The first-order valence-corrected chi connectivity index (χ1v) is 6.63. The summed E-state index contributed by atoms with van der Waals surface area (Å²) in [5.74, 6) is 0. The molecule has 0 amide bonds. The van der Waals surface area contributed by atoms with Crippen molar-refractivity contribution in [3.05, 3.63) is 41.6 Å². The summed E-state index contributed by atoms with van der Waals surface area (Å²) < 4.78 is 0. The van der Waals surface area contributed by atoms with E-state index >= 15 is 0 Å². The van der Waals surface area contributed by atoms with Gasteiger partial charge in [0.05, 0.1) is 22.9 Å². The molecule has 4 rings (SSSR count). The molecule has 1 fully saturated rings. The third-order valence-corrected chi connectivity index (χ3v) is 4.38. The summed E-state index contributed by atoms with van der Waals surface area (Å²) >= 11 is 0. The highest BCUT2D eigenvalue weighted by molar-refractivity contribution is 5.95. The first kappa shape index (κ1) is 10.1. The lowest BCUT2D eigenvalue weighted by atomic mass is 9.88. The van der Waals surface area contributed by atoms with Crippen LogP contribution >= 0.6 is 0 Å². The number of anilines is 1. The zero-order chi connectivity index (χ0) is 12.2. The van der Waals surface area contributed by atoms with Gasteiger partial charge in [-0.1, -0.05) is 24.3 Å². The summed E-state index contributed by atoms with van der Waals surface area (Å²) in [6.07, 6.45) is 8.11. The Kier molecular flexibility index (Phi) is 1.88.